The summed E-state index contributed by atoms with van der Waals surface area (Å²) in [6.45, 7) is 6.05. The van der Waals surface area contributed by atoms with Crippen molar-refractivity contribution in [3.8, 4) is 17.2 Å². The number of likely N-dealkylation sites (tertiary alicyclic amines) is 2. The highest BCUT2D eigenvalue weighted by Crippen LogP contribution is 2.41. The summed E-state index contributed by atoms with van der Waals surface area (Å²) >= 11 is 0. The molecule has 8 nitrogen and oxygen atoms in total. The van der Waals surface area contributed by atoms with E-state index in [4.69, 9.17) is 14.2 Å². The molecule has 2 amide bonds. The number of hydrogen-bond donors (Lipinski definition) is 0. The van der Waals surface area contributed by atoms with Crippen molar-refractivity contribution in [2.24, 2.45) is 5.41 Å². The molecule has 0 radical (unpaired) electrons. The molecule has 4 rings (SSSR count). The fourth-order valence-corrected chi connectivity index (χ4v) is 5.44. The van der Waals surface area contributed by atoms with E-state index in [1.54, 1.807) is 57.7 Å². The van der Waals surface area contributed by atoms with Crippen molar-refractivity contribution in [1.29, 1.82) is 0 Å². The molecule has 2 aromatic rings. The summed E-state index contributed by atoms with van der Waals surface area (Å²) in [6.07, 6.45) is 4.48. The van der Waals surface area contributed by atoms with Gasteiger partial charge in [0, 0.05) is 54.5 Å². The summed E-state index contributed by atoms with van der Waals surface area (Å²) in [6, 6.07) is 10.4. The van der Waals surface area contributed by atoms with Gasteiger partial charge in [-0.15, -0.1) is 0 Å². The Morgan fingerprint density at radius 2 is 1.29 bits per heavy atom. The van der Waals surface area contributed by atoms with Gasteiger partial charge in [-0.25, -0.2) is 0 Å². The number of ether oxygens (including phenoxy) is 3. The molecule has 38 heavy (non-hydrogen) atoms. The van der Waals surface area contributed by atoms with Crippen LogP contribution in [0, 0.1) is 5.41 Å². The van der Waals surface area contributed by atoms with Crippen LogP contribution in [-0.4, -0.2) is 74.9 Å². The molecule has 1 spiro atoms. The Bertz CT molecular complexity index is 1240. The molecule has 0 bridgehead atoms. The summed E-state index contributed by atoms with van der Waals surface area (Å²) in [7, 11) is 4.72. The number of benzene rings is 2. The van der Waals surface area contributed by atoms with E-state index in [1.165, 1.54) is 6.92 Å². The Labute approximate surface area is 224 Å². The Hall–Kier alpha value is -3.81. The largest absolute Gasteiger partial charge is 0.496 e. The minimum absolute atomic E-state index is 0.00257. The van der Waals surface area contributed by atoms with E-state index >= 15 is 0 Å². The van der Waals surface area contributed by atoms with Crippen LogP contribution in [0.2, 0.25) is 0 Å². The number of carbonyl (C=O) groups is 3. The third kappa shape index (κ3) is 5.54. The fourth-order valence-electron chi connectivity index (χ4n) is 5.44. The van der Waals surface area contributed by atoms with Gasteiger partial charge in [0.1, 0.15) is 5.75 Å². The number of nitrogens with zero attached hydrogens (tertiary/aromatic N) is 2. The van der Waals surface area contributed by atoms with Gasteiger partial charge in [0.05, 0.1) is 21.3 Å². The van der Waals surface area contributed by atoms with E-state index in [9.17, 15) is 14.4 Å². The standard InChI is InChI=1S/C30H36N2O6/c1-20(16-24-17-26(37-4)27(38-5)18-25(24)36-3)28(34)32-15-12-30(19-32)10-13-31(14-11-30)29(35)23-8-6-22(7-9-23)21(2)33/h6-9,16-18H,10-15,19H2,1-5H3. The van der Waals surface area contributed by atoms with Crippen LogP contribution < -0.4 is 14.2 Å². The lowest BCUT2D eigenvalue weighted by molar-refractivity contribution is -0.126. The summed E-state index contributed by atoms with van der Waals surface area (Å²) < 4.78 is 16.3. The molecule has 8 heteroatoms. The second kappa shape index (κ2) is 11.3. The zero-order chi connectivity index (χ0) is 27.4. The van der Waals surface area contributed by atoms with Gasteiger partial charge in [0.2, 0.25) is 5.91 Å². The maximum absolute atomic E-state index is 13.4. The van der Waals surface area contributed by atoms with Crippen LogP contribution >= 0.6 is 0 Å². The van der Waals surface area contributed by atoms with Crippen molar-refractivity contribution < 1.29 is 28.6 Å². The van der Waals surface area contributed by atoms with Crippen molar-refractivity contribution in [3.63, 3.8) is 0 Å². The maximum atomic E-state index is 13.4. The minimum Gasteiger partial charge on any atom is -0.496 e. The van der Waals surface area contributed by atoms with E-state index in [2.05, 4.69) is 0 Å². The molecule has 202 valence electrons. The van der Waals surface area contributed by atoms with Crippen molar-refractivity contribution in [3.05, 3.63) is 58.7 Å². The zero-order valence-electron chi connectivity index (χ0n) is 22.8. The van der Waals surface area contributed by atoms with Crippen molar-refractivity contribution >= 4 is 23.7 Å². The molecule has 2 heterocycles. The highest BCUT2D eigenvalue weighted by Gasteiger charge is 2.43. The molecule has 0 N–H and O–H groups in total. The summed E-state index contributed by atoms with van der Waals surface area (Å²) in [5.74, 6) is 1.70. The molecule has 0 saturated carbocycles. The third-order valence-corrected chi connectivity index (χ3v) is 7.82. The van der Waals surface area contributed by atoms with Gasteiger partial charge in [-0.05, 0) is 62.8 Å². The fraction of sp³-hybridized carbons (Fsp3) is 0.433. The van der Waals surface area contributed by atoms with E-state index in [0.29, 0.717) is 60.1 Å². The maximum Gasteiger partial charge on any atom is 0.253 e. The van der Waals surface area contributed by atoms with Gasteiger partial charge in [0.15, 0.2) is 17.3 Å². The van der Waals surface area contributed by atoms with Gasteiger partial charge in [-0.2, -0.15) is 0 Å². The Balaban J connectivity index is 1.39. The van der Waals surface area contributed by atoms with Crippen LogP contribution in [-0.2, 0) is 4.79 Å². The molecule has 2 aromatic carbocycles. The lowest BCUT2D eigenvalue weighted by Crippen LogP contribution is -2.44. The van der Waals surface area contributed by atoms with Crippen LogP contribution in [0.1, 0.15) is 59.4 Å². The van der Waals surface area contributed by atoms with E-state index in [1.807, 2.05) is 22.8 Å². The summed E-state index contributed by atoms with van der Waals surface area (Å²) in [4.78, 5) is 41.7. The molecule has 2 fully saturated rings. The van der Waals surface area contributed by atoms with Gasteiger partial charge < -0.3 is 24.0 Å². The number of Topliss-reactive ketones (excluding diaryl/α,β-unsaturated/α-hetero) is 1. The van der Waals surface area contributed by atoms with Gasteiger partial charge in [-0.1, -0.05) is 12.1 Å². The van der Waals surface area contributed by atoms with Crippen LogP contribution in [0.4, 0.5) is 0 Å². The van der Waals surface area contributed by atoms with Crippen LogP contribution in [0.5, 0.6) is 17.2 Å². The van der Waals surface area contributed by atoms with Crippen LogP contribution in [0.25, 0.3) is 6.08 Å². The van der Waals surface area contributed by atoms with E-state index < -0.39 is 0 Å². The second-order valence-electron chi connectivity index (χ2n) is 10.2. The Kier molecular flexibility index (Phi) is 8.09. The minimum atomic E-state index is -0.0165. The van der Waals surface area contributed by atoms with E-state index in [0.717, 1.165) is 24.8 Å². The predicted molar refractivity (Wildman–Crippen MR) is 145 cm³/mol. The lowest BCUT2D eigenvalue weighted by Gasteiger charge is -2.39. The van der Waals surface area contributed by atoms with Crippen LogP contribution in [0.15, 0.2) is 42.0 Å². The first-order valence-corrected chi connectivity index (χ1v) is 12.9. The molecule has 2 aliphatic heterocycles. The second-order valence-corrected chi connectivity index (χ2v) is 10.2. The van der Waals surface area contributed by atoms with Crippen molar-refractivity contribution in [2.45, 2.75) is 33.1 Å². The number of carbonyl (C=O) groups excluding carboxylic acids is 3. The van der Waals surface area contributed by atoms with Gasteiger partial charge >= 0.3 is 0 Å². The third-order valence-electron chi connectivity index (χ3n) is 7.82. The average Bonchev–Trinajstić information content (AvgIpc) is 3.35. The quantitative estimate of drug-likeness (QED) is 0.396. The van der Waals surface area contributed by atoms with Crippen molar-refractivity contribution in [1.82, 2.24) is 9.80 Å². The smallest absolute Gasteiger partial charge is 0.253 e. The van der Waals surface area contributed by atoms with E-state index in [-0.39, 0.29) is 23.0 Å². The van der Waals surface area contributed by atoms with Gasteiger partial charge in [-0.3, -0.25) is 14.4 Å². The Morgan fingerprint density at radius 1 is 0.763 bits per heavy atom. The number of rotatable bonds is 7. The molecule has 0 aliphatic carbocycles. The predicted octanol–water partition coefficient (Wildman–Crippen LogP) is 4.47. The lowest BCUT2D eigenvalue weighted by atomic mass is 9.77. The molecule has 0 unspecified atom stereocenters. The Morgan fingerprint density at radius 3 is 1.84 bits per heavy atom. The molecular weight excluding hydrogens is 484 g/mol. The zero-order valence-corrected chi connectivity index (χ0v) is 22.8. The SMILES string of the molecule is COc1cc(OC)c(OC)cc1C=C(C)C(=O)N1CCC2(CCN(C(=O)c3ccc(C(C)=O)cc3)CC2)C1. The topological polar surface area (TPSA) is 85.4 Å². The molecule has 2 aliphatic rings. The highest BCUT2D eigenvalue weighted by atomic mass is 16.5. The number of methoxy groups -OCH3 is 3. The number of ketones is 1. The molecular formula is C30H36N2O6. The number of amides is 2. The van der Waals surface area contributed by atoms with Crippen LogP contribution in [0.3, 0.4) is 0 Å². The normalized spacial score (nSPS) is 16.9. The average molecular weight is 521 g/mol. The highest BCUT2D eigenvalue weighted by molar-refractivity contribution is 5.98. The monoisotopic (exact) mass is 520 g/mol. The molecule has 0 aromatic heterocycles. The first-order chi connectivity index (χ1) is 18.2. The number of hydrogen-bond acceptors (Lipinski definition) is 6. The first kappa shape index (κ1) is 27.2. The first-order valence-electron chi connectivity index (χ1n) is 12.9. The summed E-state index contributed by atoms with van der Waals surface area (Å²) in [5.41, 5.74) is 2.60. The van der Waals surface area contributed by atoms with Crippen molar-refractivity contribution in [2.75, 3.05) is 47.5 Å². The molecule has 0 atom stereocenters. The number of piperidine rings is 1. The molecule has 2 saturated heterocycles. The summed E-state index contributed by atoms with van der Waals surface area (Å²) in [5, 5.41) is 0. The van der Waals surface area contributed by atoms with Gasteiger partial charge in [0.25, 0.3) is 5.91 Å².